The van der Waals surface area contributed by atoms with Crippen LogP contribution in [0.25, 0.3) is 10.9 Å². The van der Waals surface area contributed by atoms with Gasteiger partial charge in [0.25, 0.3) is 0 Å². The summed E-state index contributed by atoms with van der Waals surface area (Å²) in [5.74, 6) is -4.90. The fourth-order valence-electron chi connectivity index (χ4n) is 3.68. The van der Waals surface area contributed by atoms with Crippen molar-refractivity contribution in [3.05, 3.63) is 36.0 Å². The highest BCUT2D eigenvalue weighted by Gasteiger charge is 2.31. The van der Waals surface area contributed by atoms with E-state index in [1.807, 2.05) is 31.2 Å². The highest BCUT2D eigenvalue weighted by atomic mass is 16.4. The van der Waals surface area contributed by atoms with E-state index in [1.165, 1.54) is 0 Å². The molecule has 36 heavy (non-hydrogen) atoms. The Morgan fingerprint density at radius 3 is 2.33 bits per heavy atom. The molecule has 0 aliphatic rings. The van der Waals surface area contributed by atoms with Crippen molar-refractivity contribution in [2.75, 3.05) is 6.54 Å². The number of hydrogen-bond acceptors (Lipinski definition) is 6. The lowest BCUT2D eigenvalue weighted by Crippen LogP contribution is -2.58. The molecule has 0 saturated heterocycles. The van der Waals surface area contributed by atoms with Gasteiger partial charge in [-0.1, -0.05) is 38.5 Å². The van der Waals surface area contributed by atoms with Crippen molar-refractivity contribution in [1.82, 2.24) is 20.9 Å². The molecule has 0 aliphatic carbocycles. The maximum absolute atomic E-state index is 13.1. The summed E-state index contributed by atoms with van der Waals surface area (Å²) >= 11 is 0. The third-order valence-corrected chi connectivity index (χ3v) is 5.94. The molecule has 1 aromatic heterocycles. The highest BCUT2D eigenvalue weighted by Crippen LogP contribution is 2.19. The molecule has 1 aromatic carbocycles. The largest absolute Gasteiger partial charge is 0.481 e. The lowest BCUT2D eigenvalue weighted by atomic mass is 9.96. The zero-order valence-corrected chi connectivity index (χ0v) is 20.2. The second kappa shape index (κ2) is 13.2. The quantitative estimate of drug-likeness (QED) is 0.188. The number of amides is 3. The van der Waals surface area contributed by atoms with Crippen molar-refractivity contribution in [2.45, 2.75) is 57.7 Å². The first kappa shape index (κ1) is 28.3. The summed E-state index contributed by atoms with van der Waals surface area (Å²) in [6.45, 7) is 2.88. The molecule has 1 heterocycles. The standard InChI is InChI=1S/C24H33N5O7/c1-3-13(2)21(24(36)28-18(8-9-19(30)31)23(35)27-12-20(32)33)29-22(34)16(25)10-14-11-26-17-7-5-4-6-15(14)17/h4-7,11,13,16,18,21,26H,3,8-10,12,25H2,1-2H3,(H,27,35)(H,28,36)(H,29,34)(H,30,31)(H,32,33). The van der Waals surface area contributed by atoms with E-state index in [0.29, 0.717) is 6.42 Å². The Labute approximate surface area is 208 Å². The zero-order valence-electron chi connectivity index (χ0n) is 20.2. The number of nitrogens with one attached hydrogen (secondary N) is 4. The summed E-state index contributed by atoms with van der Waals surface area (Å²) in [5, 5.41) is 25.9. The zero-order chi connectivity index (χ0) is 26.8. The van der Waals surface area contributed by atoms with Crippen LogP contribution in [-0.4, -0.2) is 69.5 Å². The number of rotatable bonds is 14. The van der Waals surface area contributed by atoms with Crippen molar-refractivity contribution >= 4 is 40.6 Å². The van der Waals surface area contributed by atoms with Crippen molar-refractivity contribution in [2.24, 2.45) is 11.7 Å². The highest BCUT2D eigenvalue weighted by molar-refractivity contribution is 5.94. The predicted molar refractivity (Wildman–Crippen MR) is 131 cm³/mol. The number of aliphatic carboxylic acids is 2. The van der Waals surface area contributed by atoms with Crippen LogP contribution in [0.2, 0.25) is 0 Å². The van der Waals surface area contributed by atoms with Gasteiger partial charge in [-0.25, -0.2) is 0 Å². The average Bonchev–Trinajstić information content (AvgIpc) is 3.25. The van der Waals surface area contributed by atoms with Gasteiger partial charge in [0.1, 0.15) is 18.6 Å². The van der Waals surface area contributed by atoms with Crippen molar-refractivity contribution in [1.29, 1.82) is 0 Å². The molecular formula is C24H33N5O7. The van der Waals surface area contributed by atoms with Crippen LogP contribution in [-0.2, 0) is 30.4 Å². The molecule has 4 atom stereocenters. The Balaban J connectivity index is 2.11. The molecule has 0 aliphatic heterocycles. The summed E-state index contributed by atoms with van der Waals surface area (Å²) in [4.78, 5) is 63.2. The topological polar surface area (TPSA) is 204 Å². The first-order valence-corrected chi connectivity index (χ1v) is 11.7. The number of aromatic amines is 1. The number of aromatic nitrogens is 1. The lowest BCUT2D eigenvalue weighted by molar-refractivity contribution is -0.140. The number of carboxylic acid groups (broad SMARTS) is 2. The molecule has 12 nitrogen and oxygen atoms in total. The van der Waals surface area contributed by atoms with E-state index >= 15 is 0 Å². The SMILES string of the molecule is CCC(C)C(NC(=O)C(N)Cc1c[nH]c2ccccc12)C(=O)NC(CCC(=O)O)C(=O)NCC(=O)O. The van der Waals surface area contributed by atoms with Crippen LogP contribution < -0.4 is 21.7 Å². The number of fused-ring (bicyclic) bond motifs is 1. The molecule has 4 unspecified atom stereocenters. The van der Waals surface area contributed by atoms with Gasteiger partial charge in [0.2, 0.25) is 17.7 Å². The monoisotopic (exact) mass is 503 g/mol. The fraction of sp³-hybridized carbons (Fsp3) is 0.458. The maximum Gasteiger partial charge on any atom is 0.322 e. The molecule has 3 amide bonds. The summed E-state index contributed by atoms with van der Waals surface area (Å²) in [7, 11) is 0. The molecule has 196 valence electrons. The first-order chi connectivity index (χ1) is 17.0. The Morgan fingerprint density at radius 2 is 1.69 bits per heavy atom. The molecule has 8 N–H and O–H groups in total. The van der Waals surface area contributed by atoms with Gasteiger partial charge in [0.05, 0.1) is 6.04 Å². The molecule has 0 spiro atoms. The molecule has 0 radical (unpaired) electrons. The minimum atomic E-state index is -1.30. The Kier molecular flexibility index (Phi) is 10.4. The van der Waals surface area contributed by atoms with E-state index in [4.69, 9.17) is 15.9 Å². The molecule has 0 fully saturated rings. The molecule has 2 rings (SSSR count). The maximum atomic E-state index is 13.1. The Morgan fingerprint density at radius 1 is 1.00 bits per heavy atom. The van der Waals surface area contributed by atoms with Crippen molar-refractivity contribution < 1.29 is 34.2 Å². The third-order valence-electron chi connectivity index (χ3n) is 5.94. The second-order valence-electron chi connectivity index (χ2n) is 8.65. The number of carbonyl (C=O) groups is 5. The number of benzene rings is 1. The minimum absolute atomic E-state index is 0.226. The molecule has 12 heteroatoms. The van der Waals surface area contributed by atoms with Gasteiger partial charge < -0.3 is 36.9 Å². The predicted octanol–water partition coefficient (Wildman–Crippen LogP) is 0.119. The van der Waals surface area contributed by atoms with Crippen molar-refractivity contribution in [3.63, 3.8) is 0 Å². The number of nitrogens with two attached hydrogens (primary N) is 1. The van der Waals surface area contributed by atoms with Gasteiger partial charge >= 0.3 is 11.9 Å². The van der Waals surface area contributed by atoms with E-state index in [9.17, 15) is 24.0 Å². The smallest absolute Gasteiger partial charge is 0.322 e. The molecule has 0 saturated carbocycles. The summed E-state index contributed by atoms with van der Waals surface area (Å²) < 4.78 is 0. The summed E-state index contributed by atoms with van der Waals surface area (Å²) in [5.41, 5.74) is 7.90. The van der Waals surface area contributed by atoms with E-state index in [1.54, 1.807) is 13.1 Å². The normalized spacial score (nSPS) is 14.3. The molecule has 0 bridgehead atoms. The Bertz CT molecular complexity index is 1100. The van der Waals surface area contributed by atoms with E-state index < -0.39 is 60.8 Å². The summed E-state index contributed by atoms with van der Waals surface area (Å²) in [6, 6.07) is 4.28. The van der Waals surface area contributed by atoms with Gasteiger partial charge in [0, 0.05) is 23.5 Å². The lowest BCUT2D eigenvalue weighted by Gasteiger charge is -2.27. The summed E-state index contributed by atoms with van der Waals surface area (Å²) in [6.07, 6.45) is 1.83. The van der Waals surface area contributed by atoms with Crippen LogP contribution in [0.4, 0.5) is 0 Å². The van der Waals surface area contributed by atoms with Crippen LogP contribution in [0.5, 0.6) is 0 Å². The minimum Gasteiger partial charge on any atom is -0.481 e. The van der Waals surface area contributed by atoms with Crippen LogP contribution in [0.3, 0.4) is 0 Å². The van der Waals surface area contributed by atoms with Gasteiger partial charge in [-0.2, -0.15) is 0 Å². The number of carboxylic acids is 2. The van der Waals surface area contributed by atoms with Crippen LogP contribution in [0.15, 0.2) is 30.5 Å². The van der Waals surface area contributed by atoms with Crippen molar-refractivity contribution in [3.8, 4) is 0 Å². The van der Waals surface area contributed by atoms with Crippen LogP contribution in [0.1, 0.15) is 38.7 Å². The van der Waals surface area contributed by atoms with Gasteiger partial charge in [0.15, 0.2) is 0 Å². The number of para-hydroxylation sites is 1. The second-order valence-corrected chi connectivity index (χ2v) is 8.65. The number of H-pyrrole nitrogens is 1. The van der Waals surface area contributed by atoms with E-state index in [2.05, 4.69) is 20.9 Å². The van der Waals surface area contributed by atoms with E-state index in [-0.39, 0.29) is 18.8 Å². The van der Waals surface area contributed by atoms with Gasteiger partial charge in [-0.15, -0.1) is 0 Å². The van der Waals surface area contributed by atoms with Crippen LogP contribution in [0, 0.1) is 5.92 Å². The van der Waals surface area contributed by atoms with Gasteiger partial charge in [-0.05, 0) is 30.4 Å². The third kappa shape index (κ3) is 8.08. The Hall–Kier alpha value is -3.93. The first-order valence-electron chi connectivity index (χ1n) is 11.7. The number of hydrogen-bond donors (Lipinski definition) is 7. The average molecular weight is 504 g/mol. The fourth-order valence-corrected chi connectivity index (χ4v) is 3.68. The molecule has 2 aromatic rings. The van der Waals surface area contributed by atoms with Gasteiger partial charge in [-0.3, -0.25) is 24.0 Å². The molecular weight excluding hydrogens is 470 g/mol. The van der Waals surface area contributed by atoms with Crippen LogP contribution >= 0.6 is 0 Å². The number of carbonyl (C=O) groups excluding carboxylic acids is 3. The van der Waals surface area contributed by atoms with E-state index in [0.717, 1.165) is 16.5 Å².